The molecule has 0 amide bonds. The summed E-state index contributed by atoms with van der Waals surface area (Å²) in [6.07, 6.45) is 1.95. The van der Waals surface area contributed by atoms with Gasteiger partial charge in [0, 0.05) is 0 Å². The lowest BCUT2D eigenvalue weighted by Gasteiger charge is -2.00. The zero-order chi connectivity index (χ0) is 8.39. The Hall–Kier alpha value is -0.755. The molecule has 0 fully saturated rings. The fourth-order valence-corrected chi connectivity index (χ4v) is 1.74. The summed E-state index contributed by atoms with van der Waals surface area (Å²) < 4.78 is 0. The van der Waals surface area contributed by atoms with Gasteiger partial charge in [0.05, 0.1) is 0 Å². The topological polar surface area (TPSA) is 0 Å². The van der Waals surface area contributed by atoms with Crippen molar-refractivity contribution in [3.63, 3.8) is 0 Å². The van der Waals surface area contributed by atoms with Gasteiger partial charge in [-0.3, -0.25) is 0 Å². The molecule has 2 aromatic rings. The molecule has 0 bridgehead atoms. The van der Waals surface area contributed by atoms with Crippen molar-refractivity contribution in [2.24, 2.45) is 0 Å². The lowest BCUT2D eigenvalue weighted by atomic mass is 9.90. The van der Waals surface area contributed by atoms with Crippen LogP contribution in [0.2, 0.25) is 0 Å². The Balaban J connectivity index is 2.79. The Kier molecular flexibility index (Phi) is 2.18. The van der Waals surface area contributed by atoms with Crippen molar-refractivity contribution in [3.8, 4) is 0 Å². The van der Waals surface area contributed by atoms with Crippen LogP contribution in [0.5, 0.6) is 0 Å². The van der Waals surface area contributed by atoms with Crippen molar-refractivity contribution in [1.29, 1.82) is 0 Å². The molecule has 0 saturated carbocycles. The van der Waals surface area contributed by atoms with Gasteiger partial charge in [0.15, 0.2) is 0 Å². The first-order chi connectivity index (χ1) is 5.92. The van der Waals surface area contributed by atoms with Gasteiger partial charge in [-0.05, 0) is 10.8 Å². The van der Waals surface area contributed by atoms with Gasteiger partial charge in [0.2, 0.25) is 6.10 Å². The summed E-state index contributed by atoms with van der Waals surface area (Å²) in [7, 11) is 0. The van der Waals surface area contributed by atoms with Gasteiger partial charge >= 0.3 is 0 Å². The Morgan fingerprint density at radius 1 is 0.917 bits per heavy atom. The van der Waals surface area contributed by atoms with Gasteiger partial charge < -0.3 is 0 Å². The molecule has 0 heterocycles. The monoisotopic (exact) mass is 217 g/mol. The van der Waals surface area contributed by atoms with Gasteiger partial charge in [0.25, 0.3) is 0 Å². The van der Waals surface area contributed by atoms with Crippen molar-refractivity contribution in [1.82, 2.24) is 0 Å². The summed E-state index contributed by atoms with van der Waals surface area (Å²) in [4.78, 5) is 0. The highest BCUT2D eigenvalue weighted by Gasteiger charge is 1.97. The standard InChI is InChI=1S/C10H7BBr/c12-11-10-7-3-5-8-4-1-2-6-9(8)10/h1-7H. The first kappa shape index (κ1) is 7.87. The van der Waals surface area contributed by atoms with Gasteiger partial charge in [-0.2, -0.15) is 15.8 Å². The van der Waals surface area contributed by atoms with E-state index in [2.05, 4.69) is 58.2 Å². The second-order valence-corrected chi connectivity index (χ2v) is 3.14. The van der Waals surface area contributed by atoms with E-state index in [1.807, 2.05) is 6.10 Å². The number of halogens is 1. The van der Waals surface area contributed by atoms with E-state index in [0.717, 1.165) is 0 Å². The third-order valence-electron chi connectivity index (χ3n) is 1.94. The summed E-state index contributed by atoms with van der Waals surface area (Å²) in [6, 6.07) is 14.6. The van der Waals surface area contributed by atoms with Crippen LogP contribution in [0.15, 0.2) is 42.5 Å². The van der Waals surface area contributed by atoms with Crippen LogP contribution in [0.1, 0.15) is 0 Å². The zero-order valence-corrected chi connectivity index (χ0v) is 8.08. The molecule has 1 radical (unpaired) electrons. The molecular formula is C10H7BBr. The van der Waals surface area contributed by atoms with Crippen LogP contribution < -0.4 is 5.46 Å². The van der Waals surface area contributed by atoms with Crippen molar-refractivity contribution < 1.29 is 0 Å². The second kappa shape index (κ2) is 3.32. The van der Waals surface area contributed by atoms with E-state index in [0.29, 0.717) is 0 Å². The molecule has 12 heavy (non-hydrogen) atoms. The normalized spacial score (nSPS) is 10.1. The van der Waals surface area contributed by atoms with E-state index in [9.17, 15) is 0 Å². The molecular weight excluding hydrogens is 211 g/mol. The number of hydrogen-bond donors (Lipinski definition) is 0. The highest BCUT2D eigenvalue weighted by atomic mass is 79.9. The third kappa shape index (κ3) is 1.27. The van der Waals surface area contributed by atoms with E-state index in [1.54, 1.807) is 0 Å². The van der Waals surface area contributed by atoms with Crippen molar-refractivity contribution in [3.05, 3.63) is 42.5 Å². The molecule has 0 aliphatic rings. The molecule has 0 unspecified atom stereocenters. The quantitative estimate of drug-likeness (QED) is 0.645. The van der Waals surface area contributed by atoms with Crippen LogP contribution >= 0.6 is 15.8 Å². The molecule has 2 rings (SSSR count). The summed E-state index contributed by atoms with van der Waals surface area (Å²) in [5.41, 5.74) is 1.23. The summed E-state index contributed by atoms with van der Waals surface area (Å²) in [5, 5.41) is 2.57. The van der Waals surface area contributed by atoms with Crippen molar-refractivity contribution in [2.75, 3.05) is 0 Å². The van der Waals surface area contributed by atoms with Crippen LogP contribution in [0.3, 0.4) is 0 Å². The molecule has 0 aliphatic carbocycles. The predicted octanol–water partition coefficient (Wildman–Crippen LogP) is 2.48. The minimum absolute atomic E-state index is 1.23. The Morgan fingerprint density at radius 3 is 2.50 bits per heavy atom. The maximum atomic E-state index is 3.35. The predicted molar refractivity (Wildman–Crippen MR) is 58.3 cm³/mol. The zero-order valence-electron chi connectivity index (χ0n) is 6.50. The van der Waals surface area contributed by atoms with Gasteiger partial charge in [-0.15, -0.1) is 0 Å². The second-order valence-electron chi connectivity index (χ2n) is 2.68. The summed E-state index contributed by atoms with van der Waals surface area (Å²) in [5.74, 6) is 0. The molecule has 0 N–H and O–H groups in total. The third-order valence-corrected chi connectivity index (χ3v) is 2.43. The number of benzene rings is 2. The minimum atomic E-state index is 1.23. The maximum absolute atomic E-state index is 3.35. The number of hydrogen-bond acceptors (Lipinski definition) is 0. The molecule has 0 atom stereocenters. The average Bonchev–Trinajstić information content (AvgIpc) is 2.17. The average molecular weight is 218 g/mol. The van der Waals surface area contributed by atoms with Gasteiger partial charge in [0.1, 0.15) is 0 Å². The smallest absolute Gasteiger partial charge is 0.158 e. The molecule has 0 spiro atoms. The maximum Gasteiger partial charge on any atom is 0.244 e. The van der Waals surface area contributed by atoms with Crippen LogP contribution in [0, 0.1) is 0 Å². The minimum Gasteiger partial charge on any atom is -0.158 e. The first-order valence-corrected chi connectivity index (χ1v) is 4.74. The highest BCUT2D eigenvalue weighted by molar-refractivity contribution is 9.23. The van der Waals surface area contributed by atoms with E-state index in [1.165, 1.54) is 16.2 Å². The summed E-state index contributed by atoms with van der Waals surface area (Å²) >= 11 is 3.35. The fourth-order valence-electron chi connectivity index (χ4n) is 1.35. The molecule has 57 valence electrons. The van der Waals surface area contributed by atoms with Crippen LogP contribution in [-0.4, -0.2) is 6.10 Å². The Labute approximate surface area is 80.8 Å². The fraction of sp³-hybridized carbons (Fsp3) is 0. The van der Waals surface area contributed by atoms with E-state index in [-0.39, 0.29) is 0 Å². The Bertz CT molecular complexity index is 392. The highest BCUT2D eigenvalue weighted by Crippen LogP contribution is 2.10. The number of rotatable bonds is 1. The largest absolute Gasteiger partial charge is 0.244 e. The Morgan fingerprint density at radius 2 is 1.67 bits per heavy atom. The van der Waals surface area contributed by atoms with Crippen LogP contribution in [0.4, 0.5) is 0 Å². The van der Waals surface area contributed by atoms with Crippen molar-refractivity contribution in [2.45, 2.75) is 0 Å². The summed E-state index contributed by atoms with van der Waals surface area (Å²) in [6.45, 7) is 0. The van der Waals surface area contributed by atoms with Gasteiger partial charge in [-0.25, -0.2) is 0 Å². The molecule has 0 aromatic heterocycles. The number of fused-ring (bicyclic) bond motifs is 1. The molecule has 2 aromatic carbocycles. The first-order valence-electron chi connectivity index (χ1n) is 3.83. The van der Waals surface area contributed by atoms with E-state index >= 15 is 0 Å². The van der Waals surface area contributed by atoms with Gasteiger partial charge in [-0.1, -0.05) is 47.9 Å². The SMILES string of the molecule is Br[B]c1cccc2ccccc12. The molecule has 2 heteroatoms. The molecule has 0 aliphatic heterocycles. The van der Waals surface area contributed by atoms with E-state index in [4.69, 9.17) is 0 Å². The van der Waals surface area contributed by atoms with Crippen molar-refractivity contribution >= 4 is 38.1 Å². The van der Waals surface area contributed by atoms with Crippen LogP contribution in [0.25, 0.3) is 10.8 Å². The lowest BCUT2D eigenvalue weighted by molar-refractivity contribution is 1.78. The molecule has 0 saturated heterocycles. The lowest BCUT2D eigenvalue weighted by Crippen LogP contribution is -2.08. The molecule has 0 nitrogen and oxygen atoms in total. The van der Waals surface area contributed by atoms with E-state index < -0.39 is 0 Å². The van der Waals surface area contributed by atoms with Crippen LogP contribution in [-0.2, 0) is 0 Å².